The number of nitrogens with two attached hydrogens (primary N) is 1. The van der Waals surface area contributed by atoms with Crippen LogP contribution in [0, 0.1) is 11.3 Å². The molecule has 0 aliphatic rings. The van der Waals surface area contributed by atoms with Crippen LogP contribution in [0.15, 0.2) is 42.5 Å². The molecule has 0 fully saturated rings. The van der Waals surface area contributed by atoms with Crippen molar-refractivity contribution in [2.75, 3.05) is 18.5 Å². The maximum Gasteiger partial charge on any atom is 0.119 e. The zero-order valence-corrected chi connectivity index (χ0v) is 11.5. The van der Waals surface area contributed by atoms with Crippen molar-refractivity contribution in [2.24, 2.45) is 5.73 Å². The van der Waals surface area contributed by atoms with E-state index >= 15 is 0 Å². The van der Waals surface area contributed by atoms with Gasteiger partial charge in [0.05, 0.1) is 10.6 Å². The van der Waals surface area contributed by atoms with Crippen LogP contribution < -0.4 is 15.8 Å². The minimum absolute atomic E-state index is 0.431. The molecule has 0 bridgehead atoms. The first-order valence-electron chi connectivity index (χ1n) is 6.12. The lowest BCUT2D eigenvalue weighted by atomic mass is 10.2. The van der Waals surface area contributed by atoms with Crippen LogP contribution in [0.3, 0.4) is 0 Å². The van der Waals surface area contributed by atoms with Gasteiger partial charge in [0.25, 0.3) is 0 Å². The molecule has 0 saturated carbocycles. The van der Waals surface area contributed by atoms with Crippen molar-refractivity contribution in [1.29, 1.82) is 5.26 Å². The van der Waals surface area contributed by atoms with Crippen LogP contribution in [0.2, 0.25) is 5.02 Å². The molecule has 20 heavy (non-hydrogen) atoms. The molecule has 3 N–H and O–H groups in total. The summed E-state index contributed by atoms with van der Waals surface area (Å²) in [6.07, 6.45) is 0. The summed E-state index contributed by atoms with van der Waals surface area (Å²) < 4.78 is 5.40. The Hall–Kier alpha value is -2.22. The zero-order chi connectivity index (χ0) is 14.4. The molecule has 0 radical (unpaired) electrons. The van der Waals surface area contributed by atoms with Crippen LogP contribution in [0.25, 0.3) is 0 Å². The summed E-state index contributed by atoms with van der Waals surface area (Å²) >= 11 is 5.98. The van der Waals surface area contributed by atoms with Crippen molar-refractivity contribution < 1.29 is 4.74 Å². The summed E-state index contributed by atoms with van der Waals surface area (Å²) in [7, 11) is 0. The quantitative estimate of drug-likeness (QED) is 0.885. The van der Waals surface area contributed by atoms with E-state index < -0.39 is 0 Å². The Morgan fingerprint density at radius 1 is 1.15 bits per heavy atom. The van der Waals surface area contributed by atoms with Gasteiger partial charge in [0.1, 0.15) is 18.4 Å². The van der Waals surface area contributed by atoms with Crippen LogP contribution in [-0.4, -0.2) is 13.2 Å². The number of hydrogen-bond donors (Lipinski definition) is 2. The highest BCUT2D eigenvalue weighted by molar-refractivity contribution is 6.32. The van der Waals surface area contributed by atoms with Gasteiger partial charge >= 0.3 is 0 Å². The average Bonchev–Trinajstić information content (AvgIpc) is 2.47. The van der Waals surface area contributed by atoms with Crippen LogP contribution in [0.1, 0.15) is 5.56 Å². The molecular weight excluding hydrogens is 274 g/mol. The molecule has 2 aromatic carbocycles. The average molecular weight is 288 g/mol. The molecule has 0 heterocycles. The molecule has 0 aromatic heterocycles. The number of ether oxygens (including phenoxy) is 1. The van der Waals surface area contributed by atoms with E-state index in [4.69, 9.17) is 27.3 Å². The van der Waals surface area contributed by atoms with E-state index in [1.54, 1.807) is 12.1 Å². The molecule has 102 valence electrons. The van der Waals surface area contributed by atoms with Crippen LogP contribution in [-0.2, 0) is 0 Å². The van der Waals surface area contributed by atoms with Crippen molar-refractivity contribution in [3.8, 4) is 11.8 Å². The lowest BCUT2D eigenvalue weighted by molar-refractivity contribution is 0.328. The number of nitriles is 1. The minimum Gasteiger partial charge on any atom is -0.492 e. The van der Waals surface area contributed by atoms with Gasteiger partial charge in [0.2, 0.25) is 0 Å². The summed E-state index contributed by atoms with van der Waals surface area (Å²) in [4.78, 5) is 0. The fourth-order valence-corrected chi connectivity index (χ4v) is 1.88. The summed E-state index contributed by atoms with van der Waals surface area (Å²) in [5.41, 5.74) is 7.57. The largest absolute Gasteiger partial charge is 0.492 e. The van der Waals surface area contributed by atoms with E-state index in [1.807, 2.05) is 36.4 Å². The lowest BCUT2D eigenvalue weighted by Crippen LogP contribution is -2.10. The third-order valence-electron chi connectivity index (χ3n) is 2.62. The van der Waals surface area contributed by atoms with E-state index in [2.05, 4.69) is 5.32 Å². The summed E-state index contributed by atoms with van der Waals surface area (Å²) in [5, 5.41) is 12.5. The highest BCUT2D eigenvalue weighted by Gasteiger charge is 2.01. The number of rotatable bonds is 5. The third kappa shape index (κ3) is 3.64. The molecule has 0 saturated heterocycles. The maximum atomic E-state index is 8.82. The molecule has 0 aliphatic heterocycles. The Morgan fingerprint density at radius 2 is 1.85 bits per heavy atom. The molecule has 0 spiro atoms. The van der Waals surface area contributed by atoms with E-state index in [9.17, 15) is 0 Å². The highest BCUT2D eigenvalue weighted by Crippen LogP contribution is 2.24. The van der Waals surface area contributed by atoms with Crippen molar-refractivity contribution in [3.05, 3.63) is 53.1 Å². The van der Waals surface area contributed by atoms with Gasteiger partial charge in [-0.3, -0.25) is 0 Å². The predicted octanol–water partition coefficient (Wildman–Crippen LogP) is 3.29. The first-order chi connectivity index (χ1) is 9.72. The Balaban J connectivity index is 2.06. The van der Waals surface area contributed by atoms with Crippen molar-refractivity contribution in [3.63, 3.8) is 0 Å². The molecule has 2 rings (SSSR count). The smallest absolute Gasteiger partial charge is 0.119 e. The van der Waals surface area contributed by atoms with Gasteiger partial charge in [0, 0.05) is 17.9 Å². The Kier molecular flexibility index (Phi) is 4.83. The van der Waals surface area contributed by atoms with Gasteiger partial charge in [-0.05, 0) is 42.5 Å². The molecule has 0 unspecified atom stereocenters. The first kappa shape index (κ1) is 14.2. The second kappa shape index (κ2) is 6.80. The number of nitrogens with one attached hydrogen (secondary N) is 1. The summed E-state index contributed by atoms with van der Waals surface area (Å²) in [6, 6.07) is 14.8. The second-order valence-corrected chi connectivity index (χ2v) is 4.50. The topological polar surface area (TPSA) is 71.1 Å². The Bertz CT molecular complexity index is 620. The molecular formula is C15H14ClN3O. The summed E-state index contributed by atoms with van der Waals surface area (Å²) in [6.45, 7) is 0.988. The maximum absolute atomic E-state index is 8.82. The molecule has 5 heteroatoms. The zero-order valence-electron chi connectivity index (χ0n) is 10.8. The Morgan fingerprint density at radius 3 is 2.45 bits per heavy atom. The molecule has 0 amide bonds. The normalized spacial score (nSPS) is 9.85. The van der Waals surface area contributed by atoms with Crippen LogP contribution >= 0.6 is 11.6 Å². The van der Waals surface area contributed by atoms with Crippen LogP contribution in [0.5, 0.6) is 5.75 Å². The van der Waals surface area contributed by atoms with Gasteiger partial charge in [-0.1, -0.05) is 11.6 Å². The lowest BCUT2D eigenvalue weighted by Gasteiger charge is -2.09. The van der Waals surface area contributed by atoms with Gasteiger partial charge in [0.15, 0.2) is 0 Å². The van der Waals surface area contributed by atoms with Gasteiger partial charge in [-0.25, -0.2) is 0 Å². The monoisotopic (exact) mass is 287 g/mol. The van der Waals surface area contributed by atoms with Crippen molar-refractivity contribution in [1.82, 2.24) is 0 Å². The highest BCUT2D eigenvalue weighted by atomic mass is 35.5. The number of hydrogen-bond acceptors (Lipinski definition) is 4. The van der Waals surface area contributed by atoms with Gasteiger partial charge < -0.3 is 15.8 Å². The molecule has 4 nitrogen and oxygen atoms in total. The van der Waals surface area contributed by atoms with E-state index in [0.29, 0.717) is 23.7 Å². The number of anilines is 2. The van der Waals surface area contributed by atoms with Crippen molar-refractivity contribution >= 4 is 23.0 Å². The molecule has 2 aromatic rings. The first-order valence-corrected chi connectivity index (χ1v) is 6.50. The fraction of sp³-hybridized carbons (Fsp3) is 0.133. The number of benzene rings is 2. The van der Waals surface area contributed by atoms with Crippen molar-refractivity contribution in [2.45, 2.75) is 0 Å². The fourth-order valence-electron chi connectivity index (χ4n) is 1.66. The van der Waals surface area contributed by atoms with Crippen LogP contribution in [0.4, 0.5) is 11.4 Å². The SMILES string of the molecule is N#Cc1ccc(Nc2ccc(OCCN)cc2)cc1Cl. The van der Waals surface area contributed by atoms with E-state index in [-0.39, 0.29) is 0 Å². The van der Waals surface area contributed by atoms with Gasteiger partial charge in [-0.15, -0.1) is 0 Å². The standard InChI is InChI=1S/C15H14ClN3O/c16-15-9-13(2-1-11(15)10-18)19-12-3-5-14(6-4-12)20-8-7-17/h1-6,9,19H,7-8,17H2. The van der Waals surface area contributed by atoms with E-state index in [1.165, 1.54) is 0 Å². The number of nitrogens with zero attached hydrogens (tertiary/aromatic N) is 1. The Labute approximate surface area is 122 Å². The summed E-state index contributed by atoms with van der Waals surface area (Å²) in [5.74, 6) is 0.777. The molecule has 0 atom stereocenters. The number of halogens is 1. The third-order valence-corrected chi connectivity index (χ3v) is 2.93. The van der Waals surface area contributed by atoms with Gasteiger partial charge in [-0.2, -0.15) is 5.26 Å². The molecule has 0 aliphatic carbocycles. The predicted molar refractivity (Wildman–Crippen MR) is 80.4 cm³/mol. The van der Waals surface area contributed by atoms with E-state index in [0.717, 1.165) is 17.1 Å². The minimum atomic E-state index is 0.431. The second-order valence-electron chi connectivity index (χ2n) is 4.09.